The number of halogens is 2. The predicted octanol–water partition coefficient (Wildman–Crippen LogP) is 2.40. The van der Waals surface area contributed by atoms with Gasteiger partial charge in [0.05, 0.1) is 11.7 Å². The zero-order valence-corrected chi connectivity index (χ0v) is 12.9. The molecule has 0 spiro atoms. The van der Waals surface area contributed by atoms with Crippen molar-refractivity contribution < 1.29 is 18.4 Å². The molecule has 3 aromatic rings. The van der Waals surface area contributed by atoms with Crippen molar-refractivity contribution >= 4 is 28.4 Å². The molecule has 6 nitrogen and oxygen atoms in total. The predicted molar refractivity (Wildman–Crippen MR) is 84.9 cm³/mol. The third-order valence-corrected chi connectivity index (χ3v) is 4.22. The Balaban J connectivity index is 1.75. The smallest absolute Gasteiger partial charge is 0.242 e. The summed E-state index contributed by atoms with van der Waals surface area (Å²) in [7, 11) is 0. The van der Waals surface area contributed by atoms with Gasteiger partial charge in [-0.1, -0.05) is 6.07 Å². The van der Waals surface area contributed by atoms with Crippen LogP contribution in [-0.4, -0.2) is 26.2 Å². The lowest BCUT2D eigenvalue weighted by molar-refractivity contribution is -0.128. The van der Waals surface area contributed by atoms with E-state index in [0.717, 1.165) is 17.6 Å². The number of Topliss-reactive ketones (excluding diaryl/α,β-unsaturated/α-hetero) is 1. The maximum Gasteiger partial charge on any atom is 0.242 e. The Hall–Kier alpha value is -3.16. The standard InChI is InChI=1S/C17H12F2N4O2/c18-9-2-1-3-10(19)15(9)22-17(25)14-13(24)5-7-23-12-4-6-20-8-11(12)21-16(14)23/h1-4,6,8,14H,5,7H2,(H,22,25). The van der Waals surface area contributed by atoms with Crippen LogP contribution in [0, 0.1) is 11.6 Å². The first kappa shape index (κ1) is 15.4. The van der Waals surface area contributed by atoms with Gasteiger partial charge in [-0.3, -0.25) is 14.6 Å². The van der Waals surface area contributed by atoms with Crippen molar-refractivity contribution in [3.63, 3.8) is 0 Å². The Labute approximate surface area is 140 Å². The van der Waals surface area contributed by atoms with Gasteiger partial charge in [0.1, 0.15) is 28.7 Å². The molecule has 1 atom stereocenters. The molecule has 0 bridgehead atoms. The van der Waals surface area contributed by atoms with Gasteiger partial charge in [-0.15, -0.1) is 0 Å². The molecule has 1 aliphatic heterocycles. The lowest BCUT2D eigenvalue weighted by Crippen LogP contribution is -2.34. The second kappa shape index (κ2) is 5.73. The quantitative estimate of drug-likeness (QED) is 0.726. The summed E-state index contributed by atoms with van der Waals surface area (Å²) >= 11 is 0. The van der Waals surface area contributed by atoms with Crippen LogP contribution in [0.25, 0.3) is 11.0 Å². The molecule has 1 aromatic carbocycles. The van der Waals surface area contributed by atoms with Crippen molar-refractivity contribution in [1.29, 1.82) is 0 Å². The highest BCUT2D eigenvalue weighted by atomic mass is 19.1. The molecular weight excluding hydrogens is 330 g/mol. The van der Waals surface area contributed by atoms with Gasteiger partial charge in [-0.05, 0) is 18.2 Å². The molecule has 0 radical (unpaired) electrons. The number of hydrogen-bond donors (Lipinski definition) is 1. The summed E-state index contributed by atoms with van der Waals surface area (Å²) < 4.78 is 29.3. The molecule has 0 fully saturated rings. The molecule has 2 aromatic heterocycles. The highest BCUT2D eigenvalue weighted by molar-refractivity contribution is 6.12. The molecule has 0 aliphatic carbocycles. The lowest BCUT2D eigenvalue weighted by atomic mass is 9.96. The second-order valence-electron chi connectivity index (χ2n) is 5.72. The highest BCUT2D eigenvalue weighted by Crippen LogP contribution is 2.30. The SMILES string of the molecule is O=C1CCn2c(nc3cnccc32)C1C(=O)Nc1c(F)cccc1F. The number of aromatic nitrogens is 3. The molecule has 0 saturated heterocycles. The van der Waals surface area contributed by atoms with Crippen LogP contribution in [0.15, 0.2) is 36.7 Å². The van der Waals surface area contributed by atoms with Gasteiger partial charge in [0, 0.05) is 19.2 Å². The van der Waals surface area contributed by atoms with Crippen LogP contribution in [0.5, 0.6) is 0 Å². The summed E-state index contributed by atoms with van der Waals surface area (Å²) in [4.78, 5) is 33.2. The number of nitrogens with zero attached hydrogens (tertiary/aromatic N) is 3. The van der Waals surface area contributed by atoms with Gasteiger partial charge in [-0.2, -0.15) is 0 Å². The summed E-state index contributed by atoms with van der Waals surface area (Å²) in [6.45, 7) is 0.395. The van der Waals surface area contributed by atoms with E-state index in [1.54, 1.807) is 16.8 Å². The summed E-state index contributed by atoms with van der Waals surface area (Å²) in [5, 5.41) is 2.19. The van der Waals surface area contributed by atoms with Crippen molar-refractivity contribution in [3.05, 3.63) is 54.1 Å². The minimum absolute atomic E-state index is 0.138. The molecule has 1 aliphatic rings. The molecule has 1 N–H and O–H groups in total. The summed E-state index contributed by atoms with van der Waals surface area (Å²) in [6.07, 6.45) is 3.27. The van der Waals surface area contributed by atoms with E-state index in [-0.39, 0.29) is 18.0 Å². The van der Waals surface area contributed by atoms with Crippen molar-refractivity contribution in [1.82, 2.24) is 14.5 Å². The van der Waals surface area contributed by atoms with E-state index in [0.29, 0.717) is 12.1 Å². The summed E-state index contributed by atoms with van der Waals surface area (Å²) in [6, 6.07) is 5.00. The van der Waals surface area contributed by atoms with E-state index in [4.69, 9.17) is 0 Å². The number of amides is 1. The number of hydrogen-bond acceptors (Lipinski definition) is 4. The number of carbonyl (C=O) groups is 2. The molecule has 4 rings (SSSR count). The Morgan fingerprint density at radius 3 is 2.76 bits per heavy atom. The minimum atomic E-state index is -1.22. The number of ketones is 1. The van der Waals surface area contributed by atoms with Gasteiger partial charge in [0.25, 0.3) is 0 Å². The normalized spacial score (nSPS) is 16.7. The first-order valence-electron chi connectivity index (χ1n) is 7.64. The Morgan fingerprint density at radius 1 is 1.24 bits per heavy atom. The number of para-hydroxylation sites is 1. The number of pyridine rings is 1. The van der Waals surface area contributed by atoms with Crippen LogP contribution in [-0.2, 0) is 16.1 Å². The lowest BCUT2D eigenvalue weighted by Gasteiger charge is -2.22. The van der Waals surface area contributed by atoms with Crippen LogP contribution in [0.4, 0.5) is 14.5 Å². The van der Waals surface area contributed by atoms with Crippen molar-refractivity contribution in [2.24, 2.45) is 0 Å². The fraction of sp³-hybridized carbons (Fsp3) is 0.176. The van der Waals surface area contributed by atoms with E-state index in [9.17, 15) is 18.4 Å². The molecule has 3 heterocycles. The number of nitrogens with one attached hydrogen (secondary N) is 1. The van der Waals surface area contributed by atoms with E-state index in [2.05, 4.69) is 15.3 Å². The van der Waals surface area contributed by atoms with Crippen LogP contribution >= 0.6 is 0 Å². The maximum atomic E-state index is 13.8. The Kier molecular flexibility index (Phi) is 3.52. The van der Waals surface area contributed by atoms with Crippen LogP contribution in [0.3, 0.4) is 0 Å². The molecular formula is C17H12F2N4O2. The van der Waals surface area contributed by atoms with E-state index in [1.165, 1.54) is 12.3 Å². The Morgan fingerprint density at radius 2 is 2.00 bits per heavy atom. The van der Waals surface area contributed by atoms with Gasteiger partial charge in [0.15, 0.2) is 11.7 Å². The monoisotopic (exact) mass is 342 g/mol. The van der Waals surface area contributed by atoms with Crippen LogP contribution in [0.1, 0.15) is 18.2 Å². The largest absolute Gasteiger partial charge is 0.326 e. The number of aryl methyl sites for hydroxylation is 1. The van der Waals surface area contributed by atoms with Gasteiger partial charge in [0.2, 0.25) is 5.91 Å². The van der Waals surface area contributed by atoms with Crippen LogP contribution in [0.2, 0.25) is 0 Å². The zero-order valence-electron chi connectivity index (χ0n) is 12.9. The Bertz CT molecular complexity index is 995. The summed E-state index contributed by atoms with van der Waals surface area (Å²) in [5.74, 6) is -3.93. The van der Waals surface area contributed by atoms with Gasteiger partial charge < -0.3 is 9.88 Å². The topological polar surface area (TPSA) is 76.9 Å². The highest BCUT2D eigenvalue weighted by Gasteiger charge is 2.37. The second-order valence-corrected chi connectivity index (χ2v) is 5.72. The molecule has 25 heavy (non-hydrogen) atoms. The van der Waals surface area contributed by atoms with Crippen molar-refractivity contribution in [3.8, 4) is 0 Å². The number of benzene rings is 1. The number of fused-ring (bicyclic) bond motifs is 3. The minimum Gasteiger partial charge on any atom is -0.326 e. The fourth-order valence-electron chi connectivity index (χ4n) is 3.04. The number of carbonyl (C=O) groups excluding carboxylic acids is 2. The average Bonchev–Trinajstić information content (AvgIpc) is 2.96. The molecule has 1 unspecified atom stereocenters. The first-order valence-corrected chi connectivity index (χ1v) is 7.64. The van der Waals surface area contributed by atoms with Gasteiger partial charge >= 0.3 is 0 Å². The molecule has 126 valence electrons. The number of imidazole rings is 1. The molecule has 0 saturated carbocycles. The molecule has 1 amide bonds. The van der Waals surface area contributed by atoms with Crippen LogP contribution < -0.4 is 5.32 Å². The van der Waals surface area contributed by atoms with Crippen molar-refractivity contribution in [2.75, 3.05) is 5.32 Å². The molecule has 8 heteroatoms. The summed E-state index contributed by atoms with van der Waals surface area (Å²) in [5.41, 5.74) is 0.740. The number of anilines is 1. The zero-order chi connectivity index (χ0) is 17.6. The first-order chi connectivity index (χ1) is 12.1. The van der Waals surface area contributed by atoms with E-state index in [1.807, 2.05) is 0 Å². The average molecular weight is 342 g/mol. The maximum absolute atomic E-state index is 13.8. The van der Waals surface area contributed by atoms with Gasteiger partial charge in [-0.25, -0.2) is 13.8 Å². The van der Waals surface area contributed by atoms with Crippen molar-refractivity contribution in [2.45, 2.75) is 18.9 Å². The van der Waals surface area contributed by atoms with E-state index >= 15 is 0 Å². The van der Waals surface area contributed by atoms with E-state index < -0.39 is 29.1 Å². The third kappa shape index (κ3) is 2.46. The fourth-order valence-corrected chi connectivity index (χ4v) is 3.04. The number of rotatable bonds is 2. The third-order valence-electron chi connectivity index (χ3n) is 4.22.